The van der Waals surface area contributed by atoms with Crippen molar-refractivity contribution >= 4 is 0 Å². The Morgan fingerprint density at radius 3 is 0.541 bits per heavy atom. The molecular formula is C60H102O51. The Morgan fingerprint density at radius 2 is 0.315 bits per heavy atom. The minimum Gasteiger partial charge on any atom is -0.394 e. The van der Waals surface area contributed by atoms with Gasteiger partial charge in [-0.05, 0) is 0 Å². The zero-order chi connectivity index (χ0) is 81.4. The first kappa shape index (κ1) is 91.3. The molecule has 0 spiro atoms. The molecule has 10 aliphatic heterocycles. The van der Waals surface area contributed by atoms with Crippen molar-refractivity contribution < 1.29 is 253 Å². The molecule has 0 aromatic carbocycles. The quantitative estimate of drug-likeness (QED) is 0.0346. The zero-order valence-electron chi connectivity index (χ0n) is 58.0. The van der Waals surface area contributed by atoms with Crippen molar-refractivity contribution in [3.05, 3.63) is 0 Å². The van der Waals surface area contributed by atoms with Gasteiger partial charge in [0.1, 0.15) is 244 Å². The van der Waals surface area contributed by atoms with E-state index in [-0.39, 0.29) is 0 Å². The number of aliphatic hydroxyl groups excluding tert-OH is 32. The van der Waals surface area contributed by atoms with Gasteiger partial charge >= 0.3 is 0 Å². The van der Waals surface area contributed by atoms with Crippen LogP contribution in [-0.2, 0) is 90.0 Å². The van der Waals surface area contributed by atoms with Gasteiger partial charge < -0.3 is 253 Å². The summed E-state index contributed by atoms with van der Waals surface area (Å²) in [6.45, 7) is -9.82. The standard InChI is InChI=1S/C60H102O51/c61-1-11-21(68)25(72)36(83)52(97-11)93-8-18-22(69)26(73)37(84)53(103-18)94-9-19-23(70)27(74)38(85)54(104-19)95-10-20-24(71)28(75)39(86)55(105-20)107-46-13(3-63)99-57(41(88)30(46)77)109-48-15(5-65)101-59(43(90)32(48)79)111-50-17(7-67)102-60(44(91)34(50)81)110-49-16(6-66)100-58(42(89)33(49)80)108-47-14(4-64)98-56(40(87)31(47)78)106-45-12(2-62)96-51(92)35(82)29(45)76/h11-92H,1-10H2/t11-,12-,13-,14-,15-,16-,17-,18-,19-,20-,21-,22-,23-,24-,25+,26+,27+,28+,29-,30-,31-,32-,33-,34-,35-,36-,37-,38-,39-,40-,41-,42-,43-,44-,45-,46-,47-,48-,49-,50-,51?,52+,53+,54+,55-,56-,57-,58-,59-,60-/m1/s1. The summed E-state index contributed by atoms with van der Waals surface area (Å²) in [7, 11) is 0. The molecule has 0 aliphatic carbocycles. The summed E-state index contributed by atoms with van der Waals surface area (Å²) in [4.78, 5) is 0. The van der Waals surface area contributed by atoms with Gasteiger partial charge in [0.15, 0.2) is 62.9 Å². The molecule has 0 saturated carbocycles. The van der Waals surface area contributed by atoms with Crippen LogP contribution < -0.4 is 0 Å². The highest BCUT2D eigenvalue weighted by Gasteiger charge is 2.60. The highest BCUT2D eigenvalue weighted by Crippen LogP contribution is 2.39. The van der Waals surface area contributed by atoms with E-state index in [0.717, 1.165) is 0 Å². The lowest BCUT2D eigenvalue weighted by atomic mass is 9.95. The number of hydrogen-bond donors (Lipinski definition) is 32. The summed E-state index contributed by atoms with van der Waals surface area (Å²) < 4.78 is 106. The molecule has 0 aromatic heterocycles. The first-order valence-electron chi connectivity index (χ1n) is 35.2. The number of hydrogen-bond acceptors (Lipinski definition) is 51. The van der Waals surface area contributed by atoms with E-state index >= 15 is 0 Å². The molecule has 0 bridgehead atoms. The van der Waals surface area contributed by atoms with Crippen LogP contribution >= 0.6 is 0 Å². The van der Waals surface area contributed by atoms with Gasteiger partial charge in [-0.15, -0.1) is 0 Å². The van der Waals surface area contributed by atoms with E-state index in [0.29, 0.717) is 0 Å². The topological polar surface area (TPSA) is 823 Å². The molecule has 0 amide bonds. The second-order valence-electron chi connectivity index (χ2n) is 28.1. The molecule has 50 atom stereocenters. The summed E-state index contributed by atoms with van der Waals surface area (Å²) in [6.07, 6.45) is -99.5. The van der Waals surface area contributed by atoms with Gasteiger partial charge in [0, 0.05) is 0 Å². The summed E-state index contributed by atoms with van der Waals surface area (Å²) in [5, 5.41) is 344. The maximum absolute atomic E-state index is 11.5. The molecule has 51 heteroatoms. The molecule has 648 valence electrons. The second-order valence-corrected chi connectivity index (χ2v) is 28.1. The maximum Gasteiger partial charge on any atom is 0.187 e. The highest BCUT2D eigenvalue weighted by atomic mass is 16.8. The number of ether oxygens (including phenoxy) is 19. The van der Waals surface area contributed by atoms with E-state index < -0.39 is 373 Å². The van der Waals surface area contributed by atoms with E-state index in [2.05, 4.69) is 0 Å². The Labute approximate surface area is 625 Å². The van der Waals surface area contributed by atoms with Crippen LogP contribution in [0.3, 0.4) is 0 Å². The van der Waals surface area contributed by atoms with Gasteiger partial charge in [-0.1, -0.05) is 0 Å². The van der Waals surface area contributed by atoms with Crippen LogP contribution in [0, 0.1) is 0 Å². The number of aliphatic hydroxyl groups is 32. The molecule has 10 heterocycles. The monoisotopic (exact) mass is 1640 g/mol. The van der Waals surface area contributed by atoms with Crippen molar-refractivity contribution in [2.75, 3.05) is 66.1 Å². The third-order valence-electron chi connectivity index (χ3n) is 20.8. The number of rotatable bonds is 28. The van der Waals surface area contributed by atoms with Crippen LogP contribution in [0.15, 0.2) is 0 Å². The van der Waals surface area contributed by atoms with Gasteiger partial charge in [0.05, 0.1) is 66.1 Å². The van der Waals surface area contributed by atoms with Crippen LogP contribution in [0.25, 0.3) is 0 Å². The van der Waals surface area contributed by atoms with Gasteiger partial charge in [-0.2, -0.15) is 0 Å². The summed E-state index contributed by atoms with van der Waals surface area (Å²) in [5.74, 6) is 0. The van der Waals surface area contributed by atoms with Crippen molar-refractivity contribution in [3.8, 4) is 0 Å². The van der Waals surface area contributed by atoms with E-state index in [9.17, 15) is 163 Å². The Bertz CT molecular complexity index is 2770. The van der Waals surface area contributed by atoms with E-state index in [1.165, 1.54) is 0 Å². The summed E-state index contributed by atoms with van der Waals surface area (Å²) in [6, 6.07) is 0. The molecule has 111 heavy (non-hydrogen) atoms. The van der Waals surface area contributed by atoms with Crippen LogP contribution in [0.4, 0.5) is 0 Å². The van der Waals surface area contributed by atoms with Crippen molar-refractivity contribution in [1.82, 2.24) is 0 Å². The van der Waals surface area contributed by atoms with Crippen molar-refractivity contribution in [3.63, 3.8) is 0 Å². The molecule has 10 fully saturated rings. The molecular weight excluding hydrogens is 1540 g/mol. The lowest BCUT2D eigenvalue weighted by Crippen LogP contribution is -2.68. The first-order chi connectivity index (χ1) is 52.6. The maximum atomic E-state index is 11.5. The van der Waals surface area contributed by atoms with Crippen molar-refractivity contribution in [2.45, 2.75) is 307 Å². The molecule has 51 nitrogen and oxygen atoms in total. The van der Waals surface area contributed by atoms with E-state index in [1.54, 1.807) is 0 Å². The fourth-order valence-corrected chi connectivity index (χ4v) is 14.2. The van der Waals surface area contributed by atoms with Crippen LogP contribution in [0.2, 0.25) is 0 Å². The molecule has 32 N–H and O–H groups in total. The Morgan fingerprint density at radius 1 is 0.153 bits per heavy atom. The van der Waals surface area contributed by atoms with Gasteiger partial charge in [-0.3, -0.25) is 0 Å². The molecule has 10 saturated heterocycles. The van der Waals surface area contributed by atoms with Crippen molar-refractivity contribution in [2.24, 2.45) is 0 Å². The van der Waals surface area contributed by atoms with Gasteiger partial charge in [-0.25, -0.2) is 0 Å². The van der Waals surface area contributed by atoms with Crippen LogP contribution in [0.1, 0.15) is 0 Å². The predicted octanol–water partition coefficient (Wildman–Crippen LogP) is -22.8. The highest BCUT2D eigenvalue weighted by molar-refractivity contribution is 5.02. The fourth-order valence-electron chi connectivity index (χ4n) is 14.2. The molecule has 10 aliphatic rings. The summed E-state index contributed by atoms with van der Waals surface area (Å²) in [5.41, 5.74) is 0. The lowest BCUT2D eigenvalue weighted by molar-refractivity contribution is -0.398. The second kappa shape index (κ2) is 39.4. The minimum absolute atomic E-state index is 0.754. The van der Waals surface area contributed by atoms with Crippen LogP contribution in [-0.4, -0.2) is 537 Å². The normalized spacial score (nSPS) is 53.7. The summed E-state index contributed by atoms with van der Waals surface area (Å²) >= 11 is 0. The lowest BCUT2D eigenvalue weighted by Gasteiger charge is -2.50. The SMILES string of the molecule is OC[C@H]1O[C@H](OC[C@H]2O[C@H](OC[C@H]3O[C@H](OC[C@H]4O[C@H](O[C@H]5[C@H](O)[C@@H](O)[C@@H](O[C@H]6[C@H](O)[C@@H](O)[C@@H](O[C@H]7[C@H](O)[C@@H](O)[C@@H](O[C@H]8[C@H](O)[C@@H](O)[C@@H](O[C@H]9[C@H](O)[C@@H](O)[C@@H](O[C@H]%10[C@H](O)[C@@H](O)C(O)O[C@@H]%10CO)O[C@@H]9CO)O[C@@H]8CO)O[C@@H]7CO)O[C@@H]6CO)O[C@@H]5CO)[C@H](O)[C@@H](O)[C@@H]4O)[C@H](O)[C@@H](O)[C@@H]3O)[C@H](O)[C@@H](O)[C@@H]2O)[C@H](O)[C@@H](O)[C@@H]1O. The molecule has 0 aromatic rings. The van der Waals surface area contributed by atoms with Gasteiger partial charge in [0.2, 0.25) is 0 Å². The first-order valence-corrected chi connectivity index (χ1v) is 35.2. The molecule has 0 radical (unpaired) electrons. The van der Waals surface area contributed by atoms with E-state index in [1.807, 2.05) is 0 Å². The predicted molar refractivity (Wildman–Crippen MR) is 330 cm³/mol. The Kier molecular flexibility index (Phi) is 32.4. The zero-order valence-corrected chi connectivity index (χ0v) is 58.0. The third kappa shape index (κ3) is 19.2. The van der Waals surface area contributed by atoms with E-state index in [4.69, 9.17) is 90.0 Å². The fraction of sp³-hybridized carbons (Fsp3) is 1.00. The smallest absolute Gasteiger partial charge is 0.187 e. The molecule has 10 rings (SSSR count). The third-order valence-corrected chi connectivity index (χ3v) is 20.8. The average Bonchev–Trinajstić information content (AvgIpc) is 0.769. The minimum atomic E-state index is -2.32. The average molecular weight is 1640 g/mol. The van der Waals surface area contributed by atoms with Gasteiger partial charge in [0.25, 0.3) is 0 Å². The largest absolute Gasteiger partial charge is 0.394 e. The van der Waals surface area contributed by atoms with Crippen molar-refractivity contribution in [1.29, 1.82) is 0 Å². The molecule has 1 unspecified atom stereocenters. The van der Waals surface area contributed by atoms with Crippen LogP contribution in [0.5, 0.6) is 0 Å². The Balaban J connectivity index is 0.702. The Hall–Kier alpha value is -2.04.